The van der Waals surface area contributed by atoms with E-state index in [0.29, 0.717) is 5.65 Å². The highest BCUT2D eigenvalue weighted by Crippen LogP contribution is 2.19. The molecule has 4 nitrogen and oxygen atoms in total. The second-order valence-corrected chi connectivity index (χ2v) is 3.98. The average molecular weight is 225 g/mol. The van der Waals surface area contributed by atoms with E-state index in [0.717, 1.165) is 17.0 Å². The molecule has 2 heterocycles. The zero-order valence-corrected chi connectivity index (χ0v) is 9.34. The zero-order valence-electron chi connectivity index (χ0n) is 9.34. The van der Waals surface area contributed by atoms with Crippen LogP contribution in [0.15, 0.2) is 47.4 Å². The van der Waals surface area contributed by atoms with Gasteiger partial charge in [0.15, 0.2) is 16.9 Å². The molecular weight excluding hydrogens is 214 g/mol. The fourth-order valence-corrected chi connectivity index (χ4v) is 1.86. The number of nitrogens with zero attached hydrogens (tertiary/aromatic N) is 2. The lowest BCUT2D eigenvalue weighted by Gasteiger charge is -1.99. The van der Waals surface area contributed by atoms with Crippen molar-refractivity contribution in [3.05, 3.63) is 58.4 Å². The van der Waals surface area contributed by atoms with Crippen LogP contribution in [-0.2, 0) is 0 Å². The number of nitrogens with one attached hydrogen (secondary N) is 1. The van der Waals surface area contributed by atoms with Crippen LogP contribution < -0.4 is 5.43 Å². The summed E-state index contributed by atoms with van der Waals surface area (Å²) in [5, 5.41) is 3.15. The van der Waals surface area contributed by atoms with Gasteiger partial charge in [-0.3, -0.25) is 9.89 Å². The Morgan fingerprint density at radius 1 is 1.24 bits per heavy atom. The molecule has 17 heavy (non-hydrogen) atoms. The predicted octanol–water partition coefficient (Wildman–Crippen LogP) is 2.00. The molecule has 3 aromatic rings. The predicted molar refractivity (Wildman–Crippen MR) is 66.0 cm³/mol. The number of aromatic amines is 1. The summed E-state index contributed by atoms with van der Waals surface area (Å²) in [6, 6.07) is 11.0. The Bertz CT molecular complexity index is 740. The smallest absolute Gasteiger partial charge is 0.183 e. The van der Waals surface area contributed by atoms with Gasteiger partial charge >= 0.3 is 0 Å². The number of pyridine rings is 1. The Morgan fingerprint density at radius 2 is 2.06 bits per heavy atom. The van der Waals surface area contributed by atoms with Crippen LogP contribution in [0.5, 0.6) is 0 Å². The molecule has 0 amide bonds. The molecule has 0 aliphatic carbocycles. The lowest BCUT2D eigenvalue weighted by molar-refractivity contribution is 0.962. The molecule has 0 unspecified atom stereocenters. The monoisotopic (exact) mass is 225 g/mol. The second kappa shape index (κ2) is 3.59. The van der Waals surface area contributed by atoms with Crippen LogP contribution in [-0.4, -0.2) is 14.6 Å². The molecule has 0 atom stereocenters. The van der Waals surface area contributed by atoms with E-state index in [-0.39, 0.29) is 5.43 Å². The fraction of sp³-hybridized carbons (Fsp3) is 0.0769. The third-order valence-corrected chi connectivity index (χ3v) is 2.76. The molecule has 0 saturated carbocycles. The number of rotatable bonds is 1. The molecule has 0 fully saturated rings. The Kier molecular flexibility index (Phi) is 2.08. The lowest BCUT2D eigenvalue weighted by Crippen LogP contribution is -1.98. The molecule has 2 aromatic heterocycles. The number of benzene rings is 1. The minimum atomic E-state index is -0.0344. The third kappa shape index (κ3) is 1.63. The Morgan fingerprint density at radius 3 is 2.88 bits per heavy atom. The van der Waals surface area contributed by atoms with Crippen LogP contribution in [0.1, 0.15) is 5.56 Å². The minimum Gasteiger partial charge on any atom is -0.290 e. The molecule has 0 spiro atoms. The maximum atomic E-state index is 11.2. The topological polar surface area (TPSA) is 50.2 Å². The van der Waals surface area contributed by atoms with Crippen molar-refractivity contribution < 1.29 is 0 Å². The fourth-order valence-electron chi connectivity index (χ4n) is 1.86. The number of hydrogen-bond acceptors (Lipinski definition) is 2. The van der Waals surface area contributed by atoms with Gasteiger partial charge in [0.05, 0.1) is 0 Å². The van der Waals surface area contributed by atoms with Crippen LogP contribution in [0.2, 0.25) is 0 Å². The zero-order chi connectivity index (χ0) is 11.8. The highest BCUT2D eigenvalue weighted by atomic mass is 16.1. The Hall–Kier alpha value is -2.36. The van der Waals surface area contributed by atoms with Gasteiger partial charge in [-0.1, -0.05) is 24.3 Å². The third-order valence-electron chi connectivity index (χ3n) is 2.76. The summed E-state index contributed by atoms with van der Waals surface area (Å²) in [4.78, 5) is 15.6. The summed E-state index contributed by atoms with van der Waals surface area (Å²) in [6.07, 6.45) is 1.69. The highest BCUT2D eigenvalue weighted by Gasteiger charge is 2.06. The average Bonchev–Trinajstić information content (AvgIpc) is 2.72. The van der Waals surface area contributed by atoms with Gasteiger partial charge in [0.2, 0.25) is 0 Å². The number of aromatic nitrogens is 3. The SMILES string of the molecule is Cc1ccccc1-c1nc2cc(=O)ccn2[nH]1. The number of hydrogen-bond donors (Lipinski definition) is 1. The number of aryl methyl sites for hydroxylation is 1. The first-order chi connectivity index (χ1) is 8.24. The van der Waals surface area contributed by atoms with Gasteiger partial charge in [-0.05, 0) is 12.5 Å². The summed E-state index contributed by atoms with van der Waals surface area (Å²) < 4.78 is 1.74. The summed E-state index contributed by atoms with van der Waals surface area (Å²) in [5.41, 5.74) is 2.79. The van der Waals surface area contributed by atoms with Crippen molar-refractivity contribution in [3.63, 3.8) is 0 Å². The van der Waals surface area contributed by atoms with E-state index in [1.807, 2.05) is 31.2 Å². The van der Waals surface area contributed by atoms with Gasteiger partial charge in [-0.25, -0.2) is 9.50 Å². The molecule has 3 rings (SSSR count). The van der Waals surface area contributed by atoms with Crippen molar-refractivity contribution in [3.8, 4) is 11.4 Å². The van der Waals surface area contributed by atoms with E-state index in [9.17, 15) is 4.79 Å². The van der Waals surface area contributed by atoms with E-state index < -0.39 is 0 Å². The molecule has 1 aromatic carbocycles. The van der Waals surface area contributed by atoms with Crippen LogP contribution in [0.4, 0.5) is 0 Å². The van der Waals surface area contributed by atoms with Crippen molar-refractivity contribution in [2.24, 2.45) is 0 Å². The molecule has 0 bridgehead atoms. The van der Waals surface area contributed by atoms with E-state index in [1.54, 1.807) is 10.7 Å². The lowest BCUT2D eigenvalue weighted by atomic mass is 10.1. The normalized spacial score (nSPS) is 10.9. The van der Waals surface area contributed by atoms with Crippen molar-refractivity contribution in [1.82, 2.24) is 14.6 Å². The molecule has 0 aliphatic heterocycles. The highest BCUT2D eigenvalue weighted by molar-refractivity contribution is 5.61. The second-order valence-electron chi connectivity index (χ2n) is 3.98. The first kappa shape index (κ1) is 9.84. The van der Waals surface area contributed by atoms with Crippen LogP contribution in [0.25, 0.3) is 17.0 Å². The van der Waals surface area contributed by atoms with Crippen LogP contribution in [0.3, 0.4) is 0 Å². The first-order valence-corrected chi connectivity index (χ1v) is 5.38. The van der Waals surface area contributed by atoms with Gasteiger partial charge in [-0.2, -0.15) is 0 Å². The quantitative estimate of drug-likeness (QED) is 0.688. The Labute approximate surface area is 97.5 Å². The molecule has 0 saturated heterocycles. The van der Waals surface area contributed by atoms with E-state index in [4.69, 9.17) is 0 Å². The van der Waals surface area contributed by atoms with Crippen molar-refractivity contribution in [1.29, 1.82) is 0 Å². The molecule has 84 valence electrons. The van der Waals surface area contributed by atoms with Gasteiger partial charge < -0.3 is 0 Å². The molecule has 0 aliphatic rings. The van der Waals surface area contributed by atoms with Crippen LogP contribution >= 0.6 is 0 Å². The van der Waals surface area contributed by atoms with Gasteiger partial charge in [0, 0.05) is 23.9 Å². The standard InChI is InChI=1S/C13H11N3O/c1-9-4-2-3-5-11(9)13-14-12-8-10(17)6-7-16(12)15-13/h2-8H,1H3,(H,14,15). The molecular formula is C13H11N3O. The van der Waals surface area contributed by atoms with Gasteiger partial charge in [0.1, 0.15) is 0 Å². The number of H-pyrrole nitrogens is 1. The van der Waals surface area contributed by atoms with Gasteiger partial charge in [-0.15, -0.1) is 0 Å². The molecule has 0 radical (unpaired) electrons. The summed E-state index contributed by atoms with van der Waals surface area (Å²) >= 11 is 0. The summed E-state index contributed by atoms with van der Waals surface area (Å²) in [5.74, 6) is 0.772. The molecule has 4 heteroatoms. The molecule has 1 N–H and O–H groups in total. The largest absolute Gasteiger partial charge is 0.290 e. The minimum absolute atomic E-state index is 0.0344. The maximum absolute atomic E-state index is 11.2. The van der Waals surface area contributed by atoms with E-state index >= 15 is 0 Å². The van der Waals surface area contributed by atoms with Crippen molar-refractivity contribution in [2.75, 3.05) is 0 Å². The van der Waals surface area contributed by atoms with E-state index in [2.05, 4.69) is 10.1 Å². The first-order valence-electron chi connectivity index (χ1n) is 5.38. The maximum Gasteiger partial charge on any atom is 0.183 e. The van der Waals surface area contributed by atoms with E-state index in [1.165, 1.54) is 12.1 Å². The summed E-state index contributed by atoms with van der Waals surface area (Å²) in [6.45, 7) is 2.03. The van der Waals surface area contributed by atoms with Gasteiger partial charge in [0.25, 0.3) is 0 Å². The van der Waals surface area contributed by atoms with Crippen LogP contribution in [0, 0.1) is 6.92 Å². The summed E-state index contributed by atoms with van der Waals surface area (Å²) in [7, 11) is 0. The Balaban J connectivity index is 2.25. The van der Waals surface area contributed by atoms with Crippen molar-refractivity contribution >= 4 is 5.65 Å². The number of fused-ring (bicyclic) bond motifs is 1. The van der Waals surface area contributed by atoms with Crippen molar-refractivity contribution in [2.45, 2.75) is 6.92 Å².